The number of aromatic amines is 1. The summed E-state index contributed by atoms with van der Waals surface area (Å²) in [6.45, 7) is 2.65. The van der Waals surface area contributed by atoms with Crippen molar-refractivity contribution in [3.05, 3.63) is 75.5 Å². The smallest absolute Gasteiger partial charge is 0.274 e. The lowest BCUT2D eigenvalue weighted by Gasteiger charge is -2.19. The summed E-state index contributed by atoms with van der Waals surface area (Å²) in [4.78, 5) is 35.7. The number of benzene rings is 2. The quantitative estimate of drug-likeness (QED) is 0.532. The van der Waals surface area contributed by atoms with Crippen LogP contribution in [0.25, 0.3) is 16.6 Å². The number of anilines is 1. The third kappa shape index (κ3) is 2.74. The minimum atomic E-state index is -0.169. The first-order valence-electron chi connectivity index (χ1n) is 11.1. The Kier molecular flexibility index (Phi) is 4.03. The van der Waals surface area contributed by atoms with Crippen LogP contribution in [0.15, 0.2) is 47.4 Å². The average molecular weight is 412 g/mol. The number of fused-ring (bicyclic) bond motifs is 4. The Morgan fingerprint density at radius 1 is 1.13 bits per heavy atom. The second kappa shape index (κ2) is 6.80. The lowest BCUT2D eigenvalue weighted by Crippen LogP contribution is -2.29. The van der Waals surface area contributed by atoms with Crippen molar-refractivity contribution >= 4 is 28.1 Å². The van der Waals surface area contributed by atoms with Crippen LogP contribution >= 0.6 is 0 Å². The molecule has 1 N–H and O–H groups in total. The van der Waals surface area contributed by atoms with E-state index in [1.54, 1.807) is 6.20 Å². The van der Waals surface area contributed by atoms with E-state index in [9.17, 15) is 9.59 Å². The molecule has 0 atom stereocenters. The van der Waals surface area contributed by atoms with Crippen LogP contribution in [0.3, 0.4) is 0 Å². The summed E-state index contributed by atoms with van der Waals surface area (Å²) < 4.78 is 2.01. The van der Waals surface area contributed by atoms with Gasteiger partial charge in [0.25, 0.3) is 11.5 Å². The molecule has 4 aromatic rings. The highest BCUT2D eigenvalue weighted by molar-refractivity contribution is 6.09. The van der Waals surface area contributed by atoms with Gasteiger partial charge in [0.1, 0.15) is 11.3 Å². The summed E-state index contributed by atoms with van der Waals surface area (Å²) in [5.74, 6) is 1.33. The van der Waals surface area contributed by atoms with Gasteiger partial charge in [0, 0.05) is 23.7 Å². The molecule has 1 aliphatic heterocycles. The van der Waals surface area contributed by atoms with Gasteiger partial charge in [-0.1, -0.05) is 31.0 Å². The van der Waals surface area contributed by atoms with Crippen LogP contribution in [-0.2, 0) is 6.42 Å². The molecule has 1 aliphatic carbocycles. The molecule has 31 heavy (non-hydrogen) atoms. The third-order valence-electron chi connectivity index (χ3n) is 6.94. The van der Waals surface area contributed by atoms with E-state index in [0.29, 0.717) is 29.1 Å². The van der Waals surface area contributed by atoms with Crippen LogP contribution < -0.4 is 10.5 Å². The van der Waals surface area contributed by atoms with Crippen LogP contribution in [0.5, 0.6) is 0 Å². The minimum absolute atomic E-state index is 0.0213. The molecule has 0 spiro atoms. The molecule has 0 saturated heterocycles. The largest absolute Gasteiger partial charge is 0.319 e. The number of nitrogens with zero attached hydrogens (tertiary/aromatic N) is 3. The van der Waals surface area contributed by atoms with E-state index in [1.165, 1.54) is 18.4 Å². The van der Waals surface area contributed by atoms with Gasteiger partial charge in [0.15, 0.2) is 0 Å². The molecule has 3 heterocycles. The predicted molar refractivity (Wildman–Crippen MR) is 121 cm³/mol. The Morgan fingerprint density at radius 3 is 2.77 bits per heavy atom. The molecule has 0 bridgehead atoms. The van der Waals surface area contributed by atoms with Gasteiger partial charge < -0.3 is 9.88 Å². The van der Waals surface area contributed by atoms with Gasteiger partial charge in [-0.2, -0.15) is 0 Å². The molecule has 1 saturated carbocycles. The van der Waals surface area contributed by atoms with Crippen molar-refractivity contribution in [2.45, 2.75) is 44.9 Å². The van der Waals surface area contributed by atoms with Crippen LogP contribution in [-0.4, -0.2) is 26.8 Å². The number of para-hydroxylation sites is 1. The van der Waals surface area contributed by atoms with E-state index in [-0.39, 0.29) is 11.5 Å². The molecule has 2 aromatic carbocycles. The highest BCUT2D eigenvalue weighted by Crippen LogP contribution is 2.35. The first-order chi connectivity index (χ1) is 15.1. The number of carbonyl (C=O) groups excluding carboxylic acids is 1. The Balaban J connectivity index is 1.51. The zero-order chi connectivity index (χ0) is 21.1. The van der Waals surface area contributed by atoms with Crippen molar-refractivity contribution in [2.24, 2.45) is 0 Å². The van der Waals surface area contributed by atoms with Crippen molar-refractivity contribution in [3.8, 4) is 0 Å². The highest BCUT2D eigenvalue weighted by atomic mass is 16.2. The summed E-state index contributed by atoms with van der Waals surface area (Å²) >= 11 is 0. The summed E-state index contributed by atoms with van der Waals surface area (Å²) in [7, 11) is 0. The fourth-order valence-corrected chi connectivity index (χ4v) is 5.34. The van der Waals surface area contributed by atoms with Gasteiger partial charge in [0.05, 0.1) is 17.2 Å². The molecule has 1 amide bonds. The van der Waals surface area contributed by atoms with Crippen molar-refractivity contribution < 1.29 is 4.79 Å². The first-order valence-corrected chi connectivity index (χ1v) is 11.1. The number of amides is 1. The lowest BCUT2D eigenvalue weighted by molar-refractivity contribution is 0.0989. The van der Waals surface area contributed by atoms with Crippen LogP contribution in [0.1, 0.15) is 58.9 Å². The van der Waals surface area contributed by atoms with Gasteiger partial charge in [-0.05, 0) is 55.5 Å². The normalized spacial score (nSPS) is 16.5. The van der Waals surface area contributed by atoms with Gasteiger partial charge in [0.2, 0.25) is 0 Å². The number of aryl methyl sites for hydroxylation is 1. The number of aromatic nitrogens is 3. The average Bonchev–Trinajstić information content (AvgIpc) is 3.52. The highest BCUT2D eigenvalue weighted by Gasteiger charge is 2.27. The van der Waals surface area contributed by atoms with E-state index >= 15 is 0 Å². The maximum atomic E-state index is 13.5. The molecule has 156 valence electrons. The van der Waals surface area contributed by atoms with Crippen molar-refractivity contribution in [1.82, 2.24) is 14.4 Å². The summed E-state index contributed by atoms with van der Waals surface area (Å²) in [5.41, 5.74) is 5.70. The Labute approximate surface area is 179 Å². The molecule has 0 unspecified atom stereocenters. The van der Waals surface area contributed by atoms with Crippen LogP contribution in [0, 0.1) is 6.92 Å². The summed E-state index contributed by atoms with van der Waals surface area (Å²) in [5, 5.41) is 0. The third-order valence-corrected chi connectivity index (χ3v) is 6.94. The monoisotopic (exact) mass is 412 g/mol. The standard InChI is InChI=1S/C25H24N4O2/c1-15-12-21-19(13-18(15)25(31)28-11-10-16-6-4-5-9-20(16)28)27-24(30)22-14-26-23(29(21)22)17-7-2-3-8-17/h4-6,9,12-14,17H,2-3,7-8,10-11H2,1H3,(H,27,30). The van der Waals surface area contributed by atoms with Crippen LogP contribution in [0.2, 0.25) is 0 Å². The number of hydrogen-bond donors (Lipinski definition) is 1. The number of rotatable bonds is 2. The molecule has 6 heteroatoms. The first kappa shape index (κ1) is 18.4. The second-order valence-electron chi connectivity index (χ2n) is 8.79. The Bertz CT molecular complexity index is 1410. The minimum Gasteiger partial charge on any atom is -0.319 e. The summed E-state index contributed by atoms with van der Waals surface area (Å²) in [6, 6.07) is 11.9. The number of nitrogens with one attached hydrogen (secondary N) is 1. The number of H-pyrrole nitrogens is 1. The van der Waals surface area contributed by atoms with Crippen LogP contribution in [0.4, 0.5) is 5.69 Å². The zero-order valence-electron chi connectivity index (χ0n) is 17.5. The van der Waals surface area contributed by atoms with E-state index < -0.39 is 0 Å². The molecule has 0 radical (unpaired) electrons. The van der Waals surface area contributed by atoms with Gasteiger partial charge in [-0.15, -0.1) is 0 Å². The zero-order valence-corrected chi connectivity index (χ0v) is 17.5. The van der Waals surface area contributed by atoms with E-state index in [1.807, 2.05) is 46.6 Å². The Hall–Kier alpha value is -3.41. The fraction of sp³-hybridized carbons (Fsp3) is 0.320. The van der Waals surface area contributed by atoms with E-state index in [0.717, 1.165) is 41.9 Å². The SMILES string of the molecule is Cc1cc2c(cc1C(=O)N1CCc3ccccc31)[nH]c(=O)c1cnc(C3CCCC3)n12. The van der Waals surface area contributed by atoms with Crippen molar-refractivity contribution in [3.63, 3.8) is 0 Å². The van der Waals surface area contributed by atoms with Gasteiger partial charge >= 0.3 is 0 Å². The van der Waals surface area contributed by atoms with Gasteiger partial charge in [-0.25, -0.2) is 4.98 Å². The predicted octanol–water partition coefficient (Wildman–Crippen LogP) is 4.34. The fourth-order valence-electron chi connectivity index (χ4n) is 5.34. The van der Waals surface area contributed by atoms with E-state index in [4.69, 9.17) is 0 Å². The van der Waals surface area contributed by atoms with Gasteiger partial charge in [-0.3, -0.25) is 14.0 Å². The molecule has 2 aromatic heterocycles. The number of carbonyl (C=O) groups is 1. The van der Waals surface area contributed by atoms with Crippen molar-refractivity contribution in [2.75, 3.05) is 11.4 Å². The molecule has 6 rings (SSSR count). The maximum Gasteiger partial charge on any atom is 0.274 e. The lowest BCUT2D eigenvalue weighted by atomic mass is 10.0. The molecular weight excluding hydrogens is 388 g/mol. The molecular formula is C25H24N4O2. The second-order valence-corrected chi connectivity index (χ2v) is 8.79. The number of imidazole rings is 1. The van der Waals surface area contributed by atoms with Crippen molar-refractivity contribution in [1.29, 1.82) is 0 Å². The topological polar surface area (TPSA) is 70.5 Å². The molecule has 1 fully saturated rings. The molecule has 2 aliphatic rings. The number of hydrogen-bond acceptors (Lipinski definition) is 3. The summed E-state index contributed by atoms with van der Waals surface area (Å²) in [6.07, 6.45) is 7.17. The molecule has 6 nitrogen and oxygen atoms in total. The Morgan fingerprint density at radius 2 is 1.94 bits per heavy atom. The van der Waals surface area contributed by atoms with E-state index in [2.05, 4.69) is 16.0 Å². The maximum absolute atomic E-state index is 13.5.